The first-order valence-electron chi connectivity index (χ1n) is 10.7. The summed E-state index contributed by atoms with van der Waals surface area (Å²) in [6.45, 7) is 7.02. The summed E-state index contributed by atoms with van der Waals surface area (Å²) in [5.74, 6) is -0.747. The minimum absolute atomic E-state index is 0.198. The number of carbonyl (C=O) groups excluding carboxylic acids is 4. The van der Waals surface area contributed by atoms with Gasteiger partial charge in [-0.3, -0.25) is 24.7 Å². The zero-order valence-corrected chi connectivity index (χ0v) is 18.1. The molecule has 0 saturated carbocycles. The monoisotopic (exact) mass is 428 g/mol. The molecule has 9 nitrogen and oxygen atoms in total. The van der Waals surface area contributed by atoms with Gasteiger partial charge in [0.25, 0.3) is 5.91 Å². The first kappa shape index (κ1) is 21.3. The molecule has 3 aliphatic rings. The van der Waals surface area contributed by atoms with Crippen LogP contribution >= 0.6 is 0 Å². The Kier molecular flexibility index (Phi) is 5.45. The highest BCUT2D eigenvalue weighted by molar-refractivity contribution is 6.05. The molecule has 0 bridgehead atoms. The molecule has 4 heterocycles. The fourth-order valence-electron chi connectivity index (χ4n) is 4.36. The van der Waals surface area contributed by atoms with E-state index in [2.05, 4.69) is 5.32 Å². The Morgan fingerprint density at radius 3 is 2.48 bits per heavy atom. The Balaban J connectivity index is 1.41. The number of likely N-dealkylation sites (tertiary alicyclic amines) is 1. The van der Waals surface area contributed by atoms with Crippen molar-refractivity contribution in [2.45, 2.75) is 70.6 Å². The lowest BCUT2D eigenvalue weighted by atomic mass is 9.92. The van der Waals surface area contributed by atoms with Gasteiger partial charge in [0.05, 0.1) is 17.8 Å². The van der Waals surface area contributed by atoms with E-state index in [1.165, 1.54) is 4.90 Å². The number of rotatable bonds is 2. The van der Waals surface area contributed by atoms with Crippen LogP contribution in [0.2, 0.25) is 0 Å². The summed E-state index contributed by atoms with van der Waals surface area (Å²) < 4.78 is 5.45. The van der Waals surface area contributed by atoms with Gasteiger partial charge in [-0.05, 0) is 52.2 Å². The van der Waals surface area contributed by atoms with E-state index in [9.17, 15) is 19.2 Å². The summed E-state index contributed by atoms with van der Waals surface area (Å²) in [7, 11) is 0. The molecule has 2 saturated heterocycles. The first-order valence-corrected chi connectivity index (χ1v) is 10.7. The molecule has 9 heteroatoms. The zero-order chi connectivity index (χ0) is 22.3. The molecule has 2 fully saturated rings. The van der Waals surface area contributed by atoms with Crippen molar-refractivity contribution in [3.05, 3.63) is 29.1 Å². The van der Waals surface area contributed by atoms with Crippen LogP contribution in [0.4, 0.5) is 4.79 Å². The number of fused-ring (bicyclic) bond motifs is 1. The molecule has 1 aromatic heterocycles. The molecule has 3 aliphatic heterocycles. The quantitative estimate of drug-likeness (QED) is 0.722. The number of piperidine rings is 2. The number of amides is 4. The molecule has 1 unspecified atom stereocenters. The summed E-state index contributed by atoms with van der Waals surface area (Å²) in [5.41, 5.74) is 1.57. The average Bonchev–Trinajstić information content (AvgIpc) is 3.02. The number of imide groups is 1. The summed E-state index contributed by atoms with van der Waals surface area (Å²) in [6.07, 6.45) is 1.82. The Bertz CT molecular complexity index is 930. The van der Waals surface area contributed by atoms with Gasteiger partial charge in [0.15, 0.2) is 0 Å². The topological polar surface area (TPSA) is 109 Å². The number of hydrogen-bond acceptors (Lipinski definition) is 6. The smallest absolute Gasteiger partial charge is 0.410 e. The summed E-state index contributed by atoms with van der Waals surface area (Å²) >= 11 is 0. The summed E-state index contributed by atoms with van der Waals surface area (Å²) in [6, 6.07) is 3.02. The molecule has 1 aromatic rings. The summed E-state index contributed by atoms with van der Waals surface area (Å²) in [5, 5.41) is 2.31. The minimum Gasteiger partial charge on any atom is -0.444 e. The van der Waals surface area contributed by atoms with Gasteiger partial charge in [-0.25, -0.2) is 4.79 Å². The molecule has 0 radical (unpaired) electrons. The minimum atomic E-state index is -0.639. The van der Waals surface area contributed by atoms with Crippen molar-refractivity contribution in [3.63, 3.8) is 0 Å². The lowest BCUT2D eigenvalue weighted by molar-refractivity contribution is -0.136. The predicted octanol–water partition coefficient (Wildman–Crippen LogP) is 1.96. The third-order valence-electron chi connectivity index (χ3n) is 5.96. The van der Waals surface area contributed by atoms with Crippen molar-refractivity contribution >= 4 is 23.8 Å². The fraction of sp³-hybridized carbons (Fsp3) is 0.591. The number of ether oxygens (including phenoxy) is 1. The van der Waals surface area contributed by atoms with Gasteiger partial charge in [-0.15, -0.1) is 0 Å². The standard InChI is InChI=1S/C22H28N4O5/c1-22(2,3)31-21(30)25-10-8-13(9-11-25)15-5-4-14-16(23-15)12-26(20(14)29)17-6-7-18(27)24-19(17)28/h4-5,13,17H,6-12H2,1-3H3,(H,24,27,28). The molecule has 0 aliphatic carbocycles. The lowest BCUT2D eigenvalue weighted by Crippen LogP contribution is -2.52. The molecule has 4 amide bonds. The highest BCUT2D eigenvalue weighted by Crippen LogP contribution is 2.31. The lowest BCUT2D eigenvalue weighted by Gasteiger charge is -2.33. The molecule has 1 N–H and O–H groups in total. The van der Waals surface area contributed by atoms with E-state index in [0.29, 0.717) is 30.8 Å². The van der Waals surface area contributed by atoms with Gasteiger partial charge < -0.3 is 14.5 Å². The molecule has 166 valence electrons. The number of carbonyl (C=O) groups is 4. The number of pyridine rings is 1. The van der Waals surface area contributed by atoms with Crippen LogP contribution in [-0.2, 0) is 20.9 Å². The van der Waals surface area contributed by atoms with Crippen molar-refractivity contribution in [1.29, 1.82) is 0 Å². The number of nitrogens with one attached hydrogen (secondary N) is 1. The zero-order valence-electron chi connectivity index (χ0n) is 18.1. The van der Waals surface area contributed by atoms with Gasteiger partial charge in [-0.1, -0.05) is 0 Å². The summed E-state index contributed by atoms with van der Waals surface area (Å²) in [4.78, 5) is 56.6. The molecule has 4 rings (SSSR count). The Hall–Kier alpha value is -2.97. The molecule has 31 heavy (non-hydrogen) atoms. The SMILES string of the molecule is CC(C)(C)OC(=O)N1CCC(c2ccc3c(n2)CN(C2CCC(=O)NC2=O)C3=O)CC1. The second-order valence-corrected chi connectivity index (χ2v) is 9.37. The third kappa shape index (κ3) is 4.40. The van der Waals surface area contributed by atoms with Gasteiger partial charge in [0.2, 0.25) is 11.8 Å². The third-order valence-corrected chi connectivity index (χ3v) is 5.96. The maximum absolute atomic E-state index is 12.8. The van der Waals surface area contributed by atoms with Gasteiger partial charge in [-0.2, -0.15) is 0 Å². The predicted molar refractivity (Wildman–Crippen MR) is 110 cm³/mol. The second-order valence-electron chi connectivity index (χ2n) is 9.37. The maximum atomic E-state index is 12.8. The fourth-order valence-corrected chi connectivity index (χ4v) is 4.36. The normalized spacial score (nSPS) is 22.4. The Labute approximate surface area is 181 Å². The van der Waals surface area contributed by atoms with Crippen molar-refractivity contribution < 1.29 is 23.9 Å². The van der Waals surface area contributed by atoms with Gasteiger partial charge in [0.1, 0.15) is 11.6 Å². The van der Waals surface area contributed by atoms with E-state index in [1.807, 2.05) is 26.8 Å². The van der Waals surface area contributed by atoms with Crippen LogP contribution in [-0.4, -0.2) is 63.3 Å². The highest BCUT2D eigenvalue weighted by atomic mass is 16.6. The molecule has 1 atom stereocenters. The van der Waals surface area contributed by atoms with E-state index < -0.39 is 17.6 Å². The van der Waals surface area contributed by atoms with Crippen LogP contribution in [0.15, 0.2) is 12.1 Å². The van der Waals surface area contributed by atoms with Gasteiger partial charge >= 0.3 is 6.09 Å². The Morgan fingerprint density at radius 1 is 1.13 bits per heavy atom. The molecular weight excluding hydrogens is 400 g/mol. The molecular formula is C22H28N4O5. The van der Waals surface area contributed by atoms with Crippen LogP contribution in [0.3, 0.4) is 0 Å². The van der Waals surface area contributed by atoms with E-state index >= 15 is 0 Å². The van der Waals surface area contributed by atoms with Crippen LogP contribution in [0, 0.1) is 0 Å². The highest BCUT2D eigenvalue weighted by Gasteiger charge is 2.40. The maximum Gasteiger partial charge on any atom is 0.410 e. The van der Waals surface area contributed by atoms with Crippen molar-refractivity contribution in [2.24, 2.45) is 0 Å². The largest absolute Gasteiger partial charge is 0.444 e. The molecule has 0 spiro atoms. The van der Waals surface area contributed by atoms with E-state index in [1.54, 1.807) is 11.0 Å². The van der Waals surface area contributed by atoms with Crippen LogP contribution < -0.4 is 5.32 Å². The number of nitrogens with zero attached hydrogens (tertiary/aromatic N) is 3. The number of hydrogen-bond donors (Lipinski definition) is 1. The van der Waals surface area contributed by atoms with Crippen molar-refractivity contribution in [2.75, 3.05) is 13.1 Å². The molecule has 0 aromatic carbocycles. The van der Waals surface area contributed by atoms with Gasteiger partial charge in [0, 0.05) is 31.1 Å². The van der Waals surface area contributed by atoms with E-state index in [-0.39, 0.29) is 36.8 Å². The average molecular weight is 428 g/mol. The van der Waals surface area contributed by atoms with E-state index in [4.69, 9.17) is 9.72 Å². The number of aromatic nitrogens is 1. The van der Waals surface area contributed by atoms with Crippen LogP contribution in [0.1, 0.15) is 74.1 Å². The van der Waals surface area contributed by atoms with E-state index in [0.717, 1.165) is 18.5 Å². The first-order chi connectivity index (χ1) is 14.6. The van der Waals surface area contributed by atoms with Crippen molar-refractivity contribution in [3.8, 4) is 0 Å². The van der Waals surface area contributed by atoms with Crippen molar-refractivity contribution in [1.82, 2.24) is 20.1 Å². The van der Waals surface area contributed by atoms with Crippen LogP contribution in [0.5, 0.6) is 0 Å². The second kappa shape index (κ2) is 7.94. The Morgan fingerprint density at radius 2 is 1.84 bits per heavy atom. The van der Waals surface area contributed by atoms with Crippen LogP contribution in [0.25, 0.3) is 0 Å².